The lowest BCUT2D eigenvalue weighted by atomic mass is 9.77. The van der Waals surface area contributed by atoms with Crippen molar-refractivity contribution in [3.05, 3.63) is 120 Å². The van der Waals surface area contributed by atoms with E-state index < -0.39 is 72.2 Å². The molecule has 0 aliphatic carbocycles. The first-order valence-electron chi connectivity index (χ1n) is 18.3. The Morgan fingerprint density at radius 2 is 1.65 bits per heavy atom. The summed E-state index contributed by atoms with van der Waals surface area (Å²) in [6.07, 6.45) is 5.82. The lowest BCUT2D eigenvalue weighted by molar-refractivity contribution is -0.162. The monoisotopic (exact) mass is 735 g/mol. The number of carbonyl (C=O) groups is 4. The number of amides is 3. The second kappa shape index (κ2) is 16.0. The van der Waals surface area contributed by atoms with Crippen molar-refractivity contribution in [2.75, 3.05) is 38.9 Å². The van der Waals surface area contributed by atoms with Gasteiger partial charge in [-0.1, -0.05) is 85.0 Å². The Morgan fingerprint density at radius 3 is 2.33 bits per heavy atom. The number of fused-ring (bicyclic) bond motifs is 2. The fourth-order valence-corrected chi connectivity index (χ4v) is 8.35. The number of likely N-dealkylation sites (tertiary alicyclic amines) is 1. The van der Waals surface area contributed by atoms with Crippen LogP contribution >= 0.6 is 0 Å². The first-order chi connectivity index (χ1) is 26.3. The summed E-state index contributed by atoms with van der Waals surface area (Å²) in [6.45, 7) is -0.216. The van der Waals surface area contributed by atoms with Crippen LogP contribution in [0.2, 0.25) is 0 Å². The molecule has 4 heterocycles. The van der Waals surface area contributed by atoms with Crippen LogP contribution in [0.15, 0.2) is 109 Å². The molecule has 2 fully saturated rings. The minimum atomic E-state index is -1.60. The van der Waals surface area contributed by atoms with Gasteiger partial charge < -0.3 is 39.2 Å². The van der Waals surface area contributed by atoms with Gasteiger partial charge in [0, 0.05) is 25.8 Å². The van der Waals surface area contributed by atoms with Gasteiger partial charge in [0.05, 0.1) is 44.4 Å². The van der Waals surface area contributed by atoms with Crippen LogP contribution in [0.5, 0.6) is 5.75 Å². The van der Waals surface area contributed by atoms with Gasteiger partial charge in [-0.25, -0.2) is 0 Å². The average Bonchev–Trinajstić information content (AvgIpc) is 3.58. The van der Waals surface area contributed by atoms with E-state index in [0.29, 0.717) is 23.4 Å². The molecule has 3 aromatic rings. The largest absolute Gasteiger partial charge is 0.497 e. The SMILES string of the molecule is COC[C@H]1NC(=O)CC/C=C\[C@H]2O[C@]34C=CCN(c5ccc(OC)cc5)C(=O)[C@H]3N([C@@H](CO)Cc3ccccc3)C(=O)[C@@H]4[C@H]2C(=O)O[C@@H]1c1ccccc1. The van der Waals surface area contributed by atoms with Crippen molar-refractivity contribution in [1.82, 2.24) is 10.2 Å². The number of carbonyl (C=O) groups excluding carboxylic acids is 4. The summed E-state index contributed by atoms with van der Waals surface area (Å²) in [7, 11) is 3.06. The number of nitrogens with one attached hydrogen (secondary N) is 1. The van der Waals surface area contributed by atoms with Gasteiger partial charge in [-0.2, -0.15) is 0 Å². The fourth-order valence-electron chi connectivity index (χ4n) is 8.35. The molecule has 3 amide bonds. The first kappa shape index (κ1) is 37.0. The zero-order chi connectivity index (χ0) is 37.8. The van der Waals surface area contributed by atoms with Crippen LogP contribution in [0.4, 0.5) is 5.69 Å². The summed E-state index contributed by atoms with van der Waals surface area (Å²) < 4.78 is 24.1. The minimum Gasteiger partial charge on any atom is -0.497 e. The van der Waals surface area contributed by atoms with E-state index in [1.165, 1.54) is 12.0 Å². The van der Waals surface area contributed by atoms with Crippen LogP contribution in [0.1, 0.15) is 30.1 Å². The molecule has 7 rings (SSSR count). The van der Waals surface area contributed by atoms with Crippen molar-refractivity contribution in [1.29, 1.82) is 0 Å². The molecule has 0 aromatic heterocycles. The lowest BCUT2D eigenvalue weighted by Crippen LogP contribution is -2.58. The second-order valence-electron chi connectivity index (χ2n) is 14.0. The van der Waals surface area contributed by atoms with E-state index in [4.69, 9.17) is 18.9 Å². The molecule has 0 unspecified atom stereocenters. The zero-order valence-electron chi connectivity index (χ0n) is 30.3. The Kier molecular flexibility index (Phi) is 11.0. The Labute approximate surface area is 314 Å². The summed E-state index contributed by atoms with van der Waals surface area (Å²) in [6, 6.07) is 22.7. The van der Waals surface area contributed by atoms with Gasteiger partial charge in [0.25, 0.3) is 5.91 Å². The Morgan fingerprint density at radius 1 is 0.926 bits per heavy atom. The van der Waals surface area contributed by atoms with E-state index in [2.05, 4.69) is 5.32 Å². The molecule has 1 spiro atoms. The number of rotatable bonds is 9. The van der Waals surface area contributed by atoms with Gasteiger partial charge in [-0.05, 0) is 48.2 Å². The predicted octanol–water partition coefficient (Wildman–Crippen LogP) is 3.55. The number of methoxy groups -OCH3 is 2. The fraction of sp³-hybridized carbons (Fsp3) is 0.381. The number of benzene rings is 3. The third-order valence-electron chi connectivity index (χ3n) is 10.8. The number of nitrogens with zero attached hydrogens (tertiary/aromatic N) is 2. The third kappa shape index (κ3) is 6.92. The topological polar surface area (TPSA) is 144 Å². The molecule has 12 heteroatoms. The number of allylic oxidation sites excluding steroid dienone is 1. The van der Waals surface area contributed by atoms with Gasteiger partial charge >= 0.3 is 5.97 Å². The highest BCUT2D eigenvalue weighted by molar-refractivity contribution is 6.05. The summed E-state index contributed by atoms with van der Waals surface area (Å²) in [5.74, 6) is -3.61. The second-order valence-corrected chi connectivity index (χ2v) is 14.0. The van der Waals surface area contributed by atoms with E-state index in [-0.39, 0.29) is 31.9 Å². The molecule has 8 atom stereocenters. The normalized spacial score (nSPS) is 29.5. The molecule has 54 heavy (non-hydrogen) atoms. The van der Waals surface area contributed by atoms with E-state index in [0.717, 1.165) is 5.56 Å². The van der Waals surface area contributed by atoms with Gasteiger partial charge in [0.15, 0.2) is 0 Å². The molecule has 2 saturated heterocycles. The average molecular weight is 736 g/mol. The maximum absolute atomic E-state index is 15.2. The highest BCUT2D eigenvalue weighted by Crippen LogP contribution is 2.54. The standard InChI is InChI=1S/C42H45N3O9/c1-51-26-32-37(28-14-7-4-8-15-28)53-41(50)35-33(16-9-10-17-34(47)43-32)54-42-22-11-23-44(29-18-20-31(52-2)21-19-29)40(49)38(42)45(39(48)36(35)42)30(25-46)24-27-12-5-3-6-13-27/h3-9,11-16,18-22,30,32-33,35-38,46H,10,17,23-26H2,1-2H3,(H,43,47)/b16-9-/t30-,32-,33-,35+,36+,37-,38-,42+/m1/s1. The summed E-state index contributed by atoms with van der Waals surface area (Å²) in [5, 5.41) is 13.9. The molecule has 4 aliphatic heterocycles. The number of aliphatic hydroxyl groups is 1. The van der Waals surface area contributed by atoms with E-state index >= 15 is 9.59 Å². The molecule has 12 nitrogen and oxygen atoms in total. The number of cyclic esters (lactones) is 1. The molecular weight excluding hydrogens is 690 g/mol. The number of anilines is 1. The molecule has 2 N–H and O–H groups in total. The molecule has 4 aliphatic rings. The van der Waals surface area contributed by atoms with Gasteiger partial charge in [-0.3, -0.25) is 19.2 Å². The lowest BCUT2D eigenvalue weighted by Gasteiger charge is -2.38. The van der Waals surface area contributed by atoms with Crippen molar-refractivity contribution in [2.45, 2.75) is 55.2 Å². The molecular formula is C42H45N3O9. The molecule has 0 bridgehead atoms. The minimum absolute atomic E-state index is 0.0528. The van der Waals surface area contributed by atoms with Crippen molar-refractivity contribution >= 4 is 29.4 Å². The van der Waals surface area contributed by atoms with Crippen LogP contribution in [0, 0.1) is 11.8 Å². The summed E-state index contributed by atoms with van der Waals surface area (Å²) in [5.41, 5.74) is 0.479. The maximum atomic E-state index is 15.2. The van der Waals surface area contributed by atoms with E-state index in [1.807, 2.05) is 48.5 Å². The van der Waals surface area contributed by atoms with Gasteiger partial charge in [-0.15, -0.1) is 0 Å². The van der Waals surface area contributed by atoms with Crippen molar-refractivity contribution in [3.63, 3.8) is 0 Å². The first-order valence-corrected chi connectivity index (χ1v) is 18.3. The van der Waals surface area contributed by atoms with Crippen molar-refractivity contribution in [3.8, 4) is 5.75 Å². The zero-order valence-corrected chi connectivity index (χ0v) is 30.3. The molecule has 0 saturated carbocycles. The van der Waals surface area contributed by atoms with Crippen LogP contribution < -0.4 is 15.0 Å². The third-order valence-corrected chi connectivity index (χ3v) is 10.8. The smallest absolute Gasteiger partial charge is 0.313 e. The molecule has 3 aromatic carbocycles. The predicted molar refractivity (Wildman–Crippen MR) is 198 cm³/mol. The Balaban J connectivity index is 1.34. The Hall–Kier alpha value is -5.30. The van der Waals surface area contributed by atoms with E-state index in [9.17, 15) is 14.7 Å². The summed E-state index contributed by atoms with van der Waals surface area (Å²) >= 11 is 0. The quantitative estimate of drug-likeness (QED) is 0.249. The highest BCUT2D eigenvalue weighted by atomic mass is 16.6. The summed E-state index contributed by atoms with van der Waals surface area (Å²) in [4.78, 5) is 61.1. The van der Waals surface area contributed by atoms with Crippen LogP contribution in [-0.4, -0.2) is 97.5 Å². The van der Waals surface area contributed by atoms with Crippen molar-refractivity contribution in [2.24, 2.45) is 11.8 Å². The van der Waals surface area contributed by atoms with Gasteiger partial charge in [0.1, 0.15) is 29.4 Å². The van der Waals surface area contributed by atoms with Crippen LogP contribution in [0.3, 0.4) is 0 Å². The van der Waals surface area contributed by atoms with E-state index in [1.54, 1.807) is 72.7 Å². The number of esters is 1. The highest BCUT2D eigenvalue weighted by Gasteiger charge is 2.72. The number of hydrogen-bond acceptors (Lipinski definition) is 9. The van der Waals surface area contributed by atoms with Crippen LogP contribution in [0.25, 0.3) is 0 Å². The van der Waals surface area contributed by atoms with Crippen LogP contribution in [-0.2, 0) is 39.8 Å². The number of hydrogen-bond donors (Lipinski definition) is 2. The number of ether oxygens (including phenoxy) is 4. The number of aliphatic hydroxyl groups excluding tert-OH is 1. The molecule has 0 radical (unpaired) electrons. The van der Waals surface area contributed by atoms with Crippen molar-refractivity contribution < 1.29 is 43.2 Å². The Bertz CT molecular complexity index is 1890. The maximum Gasteiger partial charge on any atom is 0.313 e. The van der Waals surface area contributed by atoms with Gasteiger partial charge in [0.2, 0.25) is 11.8 Å². The molecule has 282 valence electrons.